The molecule has 0 aromatic carbocycles. The summed E-state index contributed by atoms with van der Waals surface area (Å²) in [5, 5.41) is 0. The maximum Gasteiger partial charge on any atom is 0.302 e. The molecule has 0 aromatic heterocycles. The van der Waals surface area contributed by atoms with Crippen LogP contribution in [-0.4, -0.2) is 16.0 Å². The van der Waals surface area contributed by atoms with E-state index in [9.17, 15) is 4.79 Å². The Bertz CT molecular complexity index is 140. The molecular formula is C10H19IO2. The first-order chi connectivity index (χ1) is 6.18. The largest absolute Gasteiger partial charge is 0.463 e. The molecule has 0 atom stereocenters. The molecule has 0 radical (unpaired) electrons. The van der Waals surface area contributed by atoms with Crippen LogP contribution in [0.2, 0.25) is 0 Å². The fraction of sp³-hybridized carbons (Fsp3) is 0.900. The lowest BCUT2D eigenvalue weighted by molar-refractivity contribution is -0.147. The van der Waals surface area contributed by atoms with Crippen LogP contribution in [0.1, 0.15) is 46.5 Å². The quantitative estimate of drug-likeness (QED) is 0.422. The number of esters is 1. The predicted octanol–water partition coefficient (Wildman–Crippen LogP) is 3.32. The third-order valence-electron chi connectivity index (χ3n) is 1.94. The van der Waals surface area contributed by atoms with Crippen molar-refractivity contribution in [3.8, 4) is 0 Å². The molecule has 3 heteroatoms. The van der Waals surface area contributed by atoms with E-state index in [1.165, 1.54) is 19.8 Å². The molecule has 1 rings (SSSR count). The van der Waals surface area contributed by atoms with E-state index < -0.39 is 0 Å². The lowest BCUT2D eigenvalue weighted by Crippen LogP contribution is -2.23. The molecule has 2 nitrogen and oxygen atoms in total. The average molecular weight is 298 g/mol. The highest BCUT2D eigenvalue weighted by atomic mass is 127. The summed E-state index contributed by atoms with van der Waals surface area (Å²) in [5.74, 6) is -0.137. The number of hydrogen-bond donors (Lipinski definition) is 0. The minimum Gasteiger partial charge on any atom is -0.463 e. The highest BCUT2D eigenvalue weighted by molar-refractivity contribution is 14.1. The summed E-state index contributed by atoms with van der Waals surface area (Å²) in [4.78, 5) is 10.6. The minimum atomic E-state index is -0.137. The van der Waals surface area contributed by atoms with Gasteiger partial charge in [0.15, 0.2) is 0 Å². The third-order valence-corrected chi connectivity index (χ3v) is 3.18. The van der Waals surface area contributed by atoms with Crippen LogP contribution in [-0.2, 0) is 9.53 Å². The Morgan fingerprint density at radius 3 is 2.08 bits per heavy atom. The zero-order valence-electron chi connectivity index (χ0n) is 8.68. The number of carbonyl (C=O) groups excluding carboxylic acids is 1. The summed E-state index contributed by atoms with van der Waals surface area (Å²) in [5.41, 5.74) is 0. The molecule has 1 saturated carbocycles. The van der Waals surface area contributed by atoms with Gasteiger partial charge in [-0.15, -0.1) is 0 Å². The molecule has 1 aliphatic carbocycles. The van der Waals surface area contributed by atoms with E-state index in [4.69, 9.17) is 4.74 Å². The van der Waals surface area contributed by atoms with Crippen LogP contribution in [0.5, 0.6) is 0 Å². The minimum absolute atomic E-state index is 0.137. The summed E-state index contributed by atoms with van der Waals surface area (Å²) in [6.07, 6.45) is 4.69. The molecular weight excluding hydrogens is 279 g/mol. The van der Waals surface area contributed by atoms with E-state index >= 15 is 0 Å². The lowest BCUT2D eigenvalue weighted by Gasteiger charge is -2.24. The summed E-state index contributed by atoms with van der Waals surface area (Å²) in [6.45, 7) is 5.48. The highest BCUT2D eigenvalue weighted by Gasteiger charge is 2.20. The van der Waals surface area contributed by atoms with Gasteiger partial charge in [-0.1, -0.05) is 36.4 Å². The Morgan fingerprint density at radius 2 is 1.69 bits per heavy atom. The number of halogens is 1. The van der Waals surface area contributed by atoms with Crippen LogP contribution in [0, 0.1) is 0 Å². The average Bonchev–Trinajstić information content (AvgIpc) is 2.12. The van der Waals surface area contributed by atoms with Gasteiger partial charge in [-0.3, -0.25) is 4.79 Å². The van der Waals surface area contributed by atoms with Gasteiger partial charge in [0.2, 0.25) is 0 Å². The molecule has 0 N–H and O–H groups in total. The molecule has 0 spiro atoms. The Kier molecular flexibility index (Phi) is 7.71. The van der Waals surface area contributed by atoms with E-state index in [2.05, 4.69) is 22.6 Å². The summed E-state index contributed by atoms with van der Waals surface area (Å²) in [6, 6.07) is 0. The molecule has 0 aliphatic heterocycles. The molecule has 78 valence electrons. The van der Waals surface area contributed by atoms with Crippen LogP contribution >= 0.6 is 22.6 Å². The van der Waals surface area contributed by atoms with E-state index in [0.717, 1.165) is 16.8 Å². The van der Waals surface area contributed by atoms with Gasteiger partial charge in [0.05, 0.1) is 0 Å². The first-order valence-corrected chi connectivity index (χ1v) is 6.24. The smallest absolute Gasteiger partial charge is 0.302 e. The Balaban J connectivity index is 0.000000671. The van der Waals surface area contributed by atoms with E-state index in [0.29, 0.717) is 0 Å². The molecule has 0 bridgehead atoms. The second-order valence-corrected chi connectivity index (χ2v) is 4.75. The normalized spacial score (nSPS) is 27.1. The summed E-state index contributed by atoms with van der Waals surface area (Å²) < 4.78 is 5.89. The number of rotatable bonds is 1. The van der Waals surface area contributed by atoms with Gasteiger partial charge < -0.3 is 4.74 Å². The third kappa shape index (κ3) is 6.29. The molecule has 13 heavy (non-hydrogen) atoms. The molecule has 0 saturated heterocycles. The maximum atomic E-state index is 10.6. The van der Waals surface area contributed by atoms with Gasteiger partial charge in [-0.05, 0) is 25.7 Å². The Morgan fingerprint density at radius 1 is 1.23 bits per heavy atom. The lowest BCUT2D eigenvalue weighted by atomic mass is 9.98. The van der Waals surface area contributed by atoms with Crippen molar-refractivity contribution < 1.29 is 9.53 Å². The topological polar surface area (TPSA) is 26.3 Å². The zero-order valence-corrected chi connectivity index (χ0v) is 10.8. The van der Waals surface area contributed by atoms with Crippen molar-refractivity contribution in [2.24, 2.45) is 0 Å². The Labute approximate surface area is 94.6 Å². The van der Waals surface area contributed by atoms with Crippen LogP contribution in [0.25, 0.3) is 0 Å². The van der Waals surface area contributed by atoms with Gasteiger partial charge in [0.25, 0.3) is 0 Å². The fourth-order valence-corrected chi connectivity index (χ4v) is 2.09. The summed E-state index contributed by atoms with van der Waals surface area (Å²) in [7, 11) is 0. The van der Waals surface area contributed by atoms with Crippen LogP contribution in [0.4, 0.5) is 0 Å². The number of alkyl halides is 1. The number of hydrogen-bond acceptors (Lipinski definition) is 2. The van der Waals surface area contributed by atoms with Crippen LogP contribution in [0.3, 0.4) is 0 Å². The van der Waals surface area contributed by atoms with Gasteiger partial charge in [-0.25, -0.2) is 0 Å². The fourth-order valence-electron chi connectivity index (χ4n) is 1.37. The van der Waals surface area contributed by atoms with Crippen molar-refractivity contribution in [3.63, 3.8) is 0 Å². The second-order valence-electron chi connectivity index (χ2n) is 2.98. The maximum absolute atomic E-state index is 10.6. The first-order valence-electron chi connectivity index (χ1n) is 5.00. The van der Waals surface area contributed by atoms with Crippen molar-refractivity contribution in [1.82, 2.24) is 0 Å². The molecule has 1 fully saturated rings. The molecule has 1 aliphatic rings. The van der Waals surface area contributed by atoms with Gasteiger partial charge >= 0.3 is 5.97 Å². The first kappa shape index (κ1) is 13.2. The van der Waals surface area contributed by atoms with E-state index in [1.54, 1.807) is 0 Å². The van der Waals surface area contributed by atoms with Crippen molar-refractivity contribution in [2.75, 3.05) is 0 Å². The van der Waals surface area contributed by atoms with Crippen molar-refractivity contribution >= 4 is 28.6 Å². The van der Waals surface area contributed by atoms with Gasteiger partial charge in [-0.2, -0.15) is 0 Å². The van der Waals surface area contributed by atoms with E-state index in [1.807, 2.05) is 13.8 Å². The van der Waals surface area contributed by atoms with Gasteiger partial charge in [0, 0.05) is 10.8 Å². The Hall–Kier alpha value is 0.200. The standard InChI is InChI=1S/C8H13IO2.C2H6/c1-6(10)11-8-4-2-7(9)3-5-8;1-2/h7-8H,2-5H2,1H3;1-2H3. The van der Waals surface area contributed by atoms with Crippen LogP contribution in [0.15, 0.2) is 0 Å². The predicted molar refractivity (Wildman–Crippen MR) is 63.2 cm³/mol. The molecule has 0 amide bonds. The van der Waals surface area contributed by atoms with E-state index in [-0.39, 0.29) is 12.1 Å². The van der Waals surface area contributed by atoms with Crippen molar-refractivity contribution in [1.29, 1.82) is 0 Å². The molecule has 0 heterocycles. The SMILES string of the molecule is CC.CC(=O)OC1CCC(I)CC1. The zero-order chi connectivity index (χ0) is 10.3. The van der Waals surface area contributed by atoms with Crippen molar-refractivity contribution in [2.45, 2.75) is 56.5 Å². The van der Waals surface area contributed by atoms with Crippen LogP contribution < -0.4 is 0 Å². The van der Waals surface area contributed by atoms with Gasteiger partial charge in [0.1, 0.15) is 6.10 Å². The number of carbonyl (C=O) groups is 1. The monoisotopic (exact) mass is 298 g/mol. The highest BCUT2D eigenvalue weighted by Crippen LogP contribution is 2.26. The molecule has 0 aromatic rings. The van der Waals surface area contributed by atoms with Crippen molar-refractivity contribution in [3.05, 3.63) is 0 Å². The summed E-state index contributed by atoms with van der Waals surface area (Å²) >= 11 is 2.46. The second kappa shape index (κ2) is 7.59. The molecule has 0 unspecified atom stereocenters. The number of ether oxygens (including phenoxy) is 1.